The molecule has 4 heteroatoms. The lowest BCUT2D eigenvalue weighted by Gasteiger charge is -2.21. The molecule has 19 heavy (non-hydrogen) atoms. The molecule has 0 unspecified atom stereocenters. The van der Waals surface area contributed by atoms with Gasteiger partial charge < -0.3 is 5.73 Å². The van der Waals surface area contributed by atoms with Crippen molar-refractivity contribution in [1.82, 2.24) is 14.8 Å². The first-order valence-corrected chi connectivity index (χ1v) is 7.05. The summed E-state index contributed by atoms with van der Waals surface area (Å²) in [6.07, 6.45) is 13.0. The third-order valence-corrected chi connectivity index (χ3v) is 3.93. The third-order valence-electron chi connectivity index (χ3n) is 3.93. The number of pyridine rings is 1. The third kappa shape index (κ3) is 2.78. The first-order valence-electron chi connectivity index (χ1n) is 7.05. The van der Waals surface area contributed by atoms with Crippen molar-refractivity contribution in [1.29, 1.82) is 0 Å². The molecule has 2 heterocycles. The van der Waals surface area contributed by atoms with Crippen molar-refractivity contribution in [3.8, 4) is 0 Å². The maximum absolute atomic E-state index is 5.94. The molecule has 1 fully saturated rings. The molecule has 1 aliphatic carbocycles. The molecule has 100 valence electrons. The van der Waals surface area contributed by atoms with Gasteiger partial charge in [0.1, 0.15) is 0 Å². The summed E-state index contributed by atoms with van der Waals surface area (Å²) in [5.74, 6) is 0. The van der Waals surface area contributed by atoms with Crippen molar-refractivity contribution in [3.05, 3.63) is 42.0 Å². The van der Waals surface area contributed by atoms with Crippen molar-refractivity contribution in [2.45, 2.75) is 44.6 Å². The van der Waals surface area contributed by atoms with Gasteiger partial charge in [0.2, 0.25) is 0 Å². The molecular formula is C15H20N4. The smallest absolute Gasteiger partial charge is 0.0669 e. The number of hydrogen-bond donors (Lipinski definition) is 1. The van der Waals surface area contributed by atoms with E-state index in [9.17, 15) is 0 Å². The first-order chi connectivity index (χ1) is 9.33. The number of nitrogen functional groups attached to an aromatic ring is 1. The van der Waals surface area contributed by atoms with Crippen molar-refractivity contribution < 1.29 is 0 Å². The van der Waals surface area contributed by atoms with Crippen molar-refractivity contribution >= 4 is 5.69 Å². The standard InChI is InChI=1S/C15H20N4/c16-15-6-8-17-11-12(15)10-13-7-9-19(18-13)14-4-2-1-3-5-14/h6-9,11,14H,1-5,10H2,(H2,16,17). The number of anilines is 1. The molecule has 2 aromatic rings. The van der Waals surface area contributed by atoms with Gasteiger partial charge in [0.05, 0.1) is 11.7 Å². The number of hydrogen-bond acceptors (Lipinski definition) is 3. The Kier molecular flexibility index (Phi) is 3.49. The molecule has 0 spiro atoms. The maximum Gasteiger partial charge on any atom is 0.0669 e. The molecule has 3 rings (SSSR count). The normalized spacial score (nSPS) is 16.6. The zero-order valence-corrected chi connectivity index (χ0v) is 11.1. The Balaban J connectivity index is 1.73. The van der Waals surface area contributed by atoms with Crippen LogP contribution in [0.5, 0.6) is 0 Å². The van der Waals surface area contributed by atoms with Gasteiger partial charge in [0.25, 0.3) is 0 Å². The van der Waals surface area contributed by atoms with E-state index in [2.05, 4.69) is 21.9 Å². The van der Waals surface area contributed by atoms with Gasteiger partial charge in [0, 0.05) is 30.7 Å². The number of nitrogens with two attached hydrogens (primary N) is 1. The predicted octanol–water partition coefficient (Wildman–Crippen LogP) is 2.96. The highest BCUT2D eigenvalue weighted by molar-refractivity contribution is 5.45. The van der Waals surface area contributed by atoms with Crippen LogP contribution in [0, 0.1) is 0 Å². The lowest BCUT2D eigenvalue weighted by molar-refractivity contribution is 0.328. The van der Waals surface area contributed by atoms with Gasteiger partial charge in [-0.05, 0) is 30.5 Å². The quantitative estimate of drug-likeness (QED) is 0.918. The Bertz CT molecular complexity index is 541. The van der Waals surface area contributed by atoms with Crippen LogP contribution in [-0.4, -0.2) is 14.8 Å². The highest BCUT2D eigenvalue weighted by atomic mass is 15.3. The van der Waals surface area contributed by atoms with Crippen LogP contribution in [0.2, 0.25) is 0 Å². The number of rotatable bonds is 3. The Hall–Kier alpha value is -1.84. The van der Waals surface area contributed by atoms with E-state index in [1.807, 2.05) is 12.3 Å². The van der Waals surface area contributed by atoms with E-state index in [0.29, 0.717) is 6.04 Å². The van der Waals surface area contributed by atoms with Gasteiger partial charge in [-0.1, -0.05) is 19.3 Å². The minimum absolute atomic E-state index is 0.591. The molecule has 0 saturated heterocycles. The van der Waals surface area contributed by atoms with Gasteiger partial charge in [-0.3, -0.25) is 9.67 Å². The lowest BCUT2D eigenvalue weighted by Crippen LogP contribution is -2.13. The van der Waals surface area contributed by atoms with E-state index in [4.69, 9.17) is 10.8 Å². The van der Waals surface area contributed by atoms with Crippen molar-refractivity contribution in [3.63, 3.8) is 0 Å². The second kappa shape index (κ2) is 5.43. The summed E-state index contributed by atoms with van der Waals surface area (Å²) in [5.41, 5.74) is 8.86. The van der Waals surface area contributed by atoms with Gasteiger partial charge >= 0.3 is 0 Å². The predicted molar refractivity (Wildman–Crippen MR) is 75.8 cm³/mol. The van der Waals surface area contributed by atoms with E-state index in [1.54, 1.807) is 6.20 Å². The van der Waals surface area contributed by atoms with Crippen LogP contribution in [0.15, 0.2) is 30.7 Å². The fourth-order valence-electron chi connectivity index (χ4n) is 2.80. The lowest BCUT2D eigenvalue weighted by atomic mass is 9.96. The second-order valence-electron chi connectivity index (χ2n) is 5.33. The number of aromatic nitrogens is 3. The fraction of sp³-hybridized carbons (Fsp3) is 0.467. The SMILES string of the molecule is Nc1ccncc1Cc1ccn(C2CCCCC2)n1. The molecule has 2 N–H and O–H groups in total. The summed E-state index contributed by atoms with van der Waals surface area (Å²) >= 11 is 0. The van der Waals surface area contributed by atoms with E-state index < -0.39 is 0 Å². The highest BCUT2D eigenvalue weighted by Gasteiger charge is 2.16. The molecule has 0 aliphatic heterocycles. The molecular weight excluding hydrogens is 236 g/mol. The Morgan fingerprint density at radius 1 is 1.21 bits per heavy atom. The van der Waals surface area contributed by atoms with Crippen LogP contribution in [-0.2, 0) is 6.42 Å². The van der Waals surface area contributed by atoms with E-state index in [-0.39, 0.29) is 0 Å². The van der Waals surface area contributed by atoms with E-state index >= 15 is 0 Å². The van der Waals surface area contributed by atoms with E-state index in [1.165, 1.54) is 32.1 Å². The number of nitrogens with zero attached hydrogens (tertiary/aromatic N) is 3. The molecule has 0 atom stereocenters. The van der Waals surface area contributed by atoms with Crippen LogP contribution in [0.4, 0.5) is 5.69 Å². The van der Waals surface area contributed by atoms with Crippen LogP contribution in [0.1, 0.15) is 49.4 Å². The van der Waals surface area contributed by atoms with Gasteiger partial charge in [0.15, 0.2) is 0 Å². The Morgan fingerprint density at radius 3 is 2.84 bits per heavy atom. The van der Waals surface area contributed by atoms with E-state index in [0.717, 1.165) is 23.4 Å². The molecule has 0 radical (unpaired) electrons. The fourth-order valence-corrected chi connectivity index (χ4v) is 2.80. The molecule has 0 bridgehead atoms. The van der Waals surface area contributed by atoms with Crippen LogP contribution < -0.4 is 5.73 Å². The molecule has 0 amide bonds. The topological polar surface area (TPSA) is 56.7 Å². The minimum atomic E-state index is 0.591. The summed E-state index contributed by atoms with van der Waals surface area (Å²) in [7, 11) is 0. The summed E-state index contributed by atoms with van der Waals surface area (Å²) in [4.78, 5) is 4.12. The zero-order chi connectivity index (χ0) is 13.1. The summed E-state index contributed by atoms with van der Waals surface area (Å²) in [6, 6.07) is 4.53. The largest absolute Gasteiger partial charge is 0.398 e. The van der Waals surface area contributed by atoms with Crippen molar-refractivity contribution in [2.24, 2.45) is 0 Å². The van der Waals surface area contributed by atoms with Gasteiger partial charge in [-0.2, -0.15) is 5.10 Å². The minimum Gasteiger partial charge on any atom is -0.398 e. The monoisotopic (exact) mass is 256 g/mol. The van der Waals surface area contributed by atoms with Gasteiger partial charge in [-0.25, -0.2) is 0 Å². The summed E-state index contributed by atoms with van der Waals surface area (Å²) in [5, 5.41) is 4.70. The molecule has 4 nitrogen and oxygen atoms in total. The average Bonchev–Trinajstić information content (AvgIpc) is 2.91. The zero-order valence-electron chi connectivity index (χ0n) is 11.1. The molecule has 0 aromatic carbocycles. The molecule has 2 aromatic heterocycles. The van der Waals surface area contributed by atoms with Crippen LogP contribution in [0.3, 0.4) is 0 Å². The van der Waals surface area contributed by atoms with Crippen molar-refractivity contribution in [2.75, 3.05) is 5.73 Å². The van der Waals surface area contributed by atoms with Gasteiger partial charge in [-0.15, -0.1) is 0 Å². The second-order valence-corrected chi connectivity index (χ2v) is 5.33. The molecule has 1 saturated carbocycles. The Labute approximate surface area is 113 Å². The average molecular weight is 256 g/mol. The highest BCUT2D eigenvalue weighted by Crippen LogP contribution is 2.27. The van der Waals surface area contributed by atoms with Crippen LogP contribution >= 0.6 is 0 Å². The first kappa shape index (κ1) is 12.2. The summed E-state index contributed by atoms with van der Waals surface area (Å²) in [6.45, 7) is 0. The maximum atomic E-state index is 5.94. The Morgan fingerprint density at radius 2 is 2.05 bits per heavy atom. The van der Waals surface area contributed by atoms with Crippen LogP contribution in [0.25, 0.3) is 0 Å². The summed E-state index contributed by atoms with van der Waals surface area (Å²) < 4.78 is 2.14. The molecule has 1 aliphatic rings.